The van der Waals surface area contributed by atoms with Gasteiger partial charge in [-0.05, 0) is 39.4 Å². The first-order valence-electron chi connectivity index (χ1n) is 16.1. The van der Waals surface area contributed by atoms with Crippen LogP contribution in [0.5, 0.6) is 0 Å². The van der Waals surface area contributed by atoms with Crippen LogP contribution < -0.4 is 0 Å². The number of benzene rings is 6. The van der Waals surface area contributed by atoms with Gasteiger partial charge in [0.15, 0.2) is 5.82 Å². The first-order chi connectivity index (χ1) is 23.7. The fourth-order valence-corrected chi connectivity index (χ4v) is 5.42. The Labute approximate surface area is 282 Å². The molecule has 0 aliphatic carbocycles. The van der Waals surface area contributed by atoms with E-state index in [2.05, 4.69) is 188 Å². The zero-order chi connectivity index (χ0) is 32.4. The Hall–Kier alpha value is -6.38. The van der Waals surface area contributed by atoms with Crippen molar-refractivity contribution in [2.75, 3.05) is 0 Å². The lowest BCUT2D eigenvalue weighted by Crippen LogP contribution is -1.96. The van der Waals surface area contributed by atoms with Gasteiger partial charge in [0.05, 0.1) is 11.4 Å². The molecule has 228 valence electrons. The minimum Gasteiger partial charge on any atom is -0.228 e. The molecule has 0 radical (unpaired) electrons. The van der Waals surface area contributed by atoms with Crippen molar-refractivity contribution in [2.24, 2.45) is 0 Å². The zero-order valence-electron chi connectivity index (χ0n) is 26.5. The van der Waals surface area contributed by atoms with Gasteiger partial charge in [-0.2, -0.15) is 0 Å². The molecule has 0 amide bonds. The van der Waals surface area contributed by atoms with E-state index in [1.165, 1.54) is 16.7 Å². The maximum absolute atomic E-state index is 5.07. The van der Waals surface area contributed by atoms with E-state index in [4.69, 9.17) is 9.97 Å². The summed E-state index contributed by atoms with van der Waals surface area (Å²) in [6.45, 7) is 0. The summed E-state index contributed by atoms with van der Waals surface area (Å²) in [5, 5.41) is 0. The molecule has 0 saturated carbocycles. The number of hydrogen-bond acceptors (Lipinski definition) is 2. The number of hydrogen-bond donors (Lipinski definition) is 0. The van der Waals surface area contributed by atoms with Crippen LogP contribution in [0.4, 0.5) is 0 Å². The smallest absolute Gasteiger partial charge is 0.160 e. The minimum absolute atomic E-state index is 0.696. The molecule has 7 rings (SSSR count). The third-order valence-corrected chi connectivity index (χ3v) is 8.11. The van der Waals surface area contributed by atoms with Crippen molar-refractivity contribution < 1.29 is 0 Å². The van der Waals surface area contributed by atoms with Crippen molar-refractivity contribution in [2.45, 2.75) is 0 Å². The second-order valence-electron chi connectivity index (χ2n) is 11.6. The molecule has 1 aromatic heterocycles. The summed E-state index contributed by atoms with van der Waals surface area (Å²) in [4.78, 5) is 10.1. The summed E-state index contributed by atoms with van der Waals surface area (Å²) in [5.41, 5.74) is 11.7. The highest BCUT2D eigenvalue weighted by atomic mass is 14.9. The van der Waals surface area contributed by atoms with Crippen LogP contribution in [-0.4, -0.2) is 9.97 Å². The quantitative estimate of drug-likeness (QED) is 0.151. The van der Waals surface area contributed by atoms with Crippen LogP contribution in [0, 0.1) is 0 Å². The Balaban J connectivity index is 1.19. The second kappa shape index (κ2) is 14.8. The largest absolute Gasteiger partial charge is 0.228 e. The van der Waals surface area contributed by atoms with Gasteiger partial charge in [0.1, 0.15) is 0 Å². The molecule has 7 aromatic rings. The molecular formula is C46H34N2. The lowest BCUT2D eigenvalue weighted by Gasteiger charge is -2.10. The van der Waals surface area contributed by atoms with E-state index >= 15 is 0 Å². The molecule has 1 heterocycles. The van der Waals surface area contributed by atoms with E-state index in [-0.39, 0.29) is 0 Å². The van der Waals surface area contributed by atoms with Crippen LogP contribution in [0.2, 0.25) is 0 Å². The third kappa shape index (κ3) is 7.88. The van der Waals surface area contributed by atoms with Crippen LogP contribution in [0.15, 0.2) is 170 Å². The average molecular weight is 615 g/mol. The molecule has 0 unspecified atom stereocenters. The van der Waals surface area contributed by atoms with E-state index in [1.807, 2.05) is 18.2 Å². The molecule has 0 aliphatic rings. The maximum atomic E-state index is 5.07. The molecule has 0 N–H and O–H groups in total. The maximum Gasteiger partial charge on any atom is 0.160 e. The summed E-state index contributed by atoms with van der Waals surface area (Å²) in [5.74, 6) is 0.696. The highest BCUT2D eigenvalue weighted by molar-refractivity contribution is 5.77. The van der Waals surface area contributed by atoms with Crippen molar-refractivity contribution in [1.82, 2.24) is 9.97 Å². The fourth-order valence-electron chi connectivity index (χ4n) is 5.42. The van der Waals surface area contributed by atoms with Crippen LogP contribution in [-0.2, 0) is 0 Å². The van der Waals surface area contributed by atoms with Crippen LogP contribution in [0.1, 0.15) is 33.4 Å². The summed E-state index contributed by atoms with van der Waals surface area (Å²) in [6, 6.07) is 58.6. The Morgan fingerprint density at radius 2 is 0.542 bits per heavy atom. The van der Waals surface area contributed by atoms with Gasteiger partial charge in [0, 0.05) is 16.7 Å². The van der Waals surface area contributed by atoms with Gasteiger partial charge >= 0.3 is 0 Å². The summed E-state index contributed by atoms with van der Waals surface area (Å²) < 4.78 is 0. The van der Waals surface area contributed by atoms with Crippen molar-refractivity contribution in [3.8, 4) is 33.9 Å². The highest BCUT2D eigenvalue weighted by Gasteiger charge is 2.11. The highest BCUT2D eigenvalue weighted by Crippen LogP contribution is 2.29. The molecular weight excluding hydrogens is 581 g/mol. The molecule has 0 aliphatic heterocycles. The molecule has 48 heavy (non-hydrogen) atoms. The summed E-state index contributed by atoms with van der Waals surface area (Å²) in [7, 11) is 0. The molecule has 0 atom stereocenters. The van der Waals surface area contributed by atoms with Crippen LogP contribution in [0.25, 0.3) is 70.4 Å². The molecule has 0 saturated heterocycles. The van der Waals surface area contributed by atoms with Crippen LogP contribution >= 0.6 is 0 Å². The molecule has 0 bridgehead atoms. The summed E-state index contributed by atoms with van der Waals surface area (Å²) in [6.07, 6.45) is 12.8. The van der Waals surface area contributed by atoms with Gasteiger partial charge in [-0.25, -0.2) is 9.97 Å². The lowest BCUT2D eigenvalue weighted by atomic mass is 10.0. The second-order valence-corrected chi connectivity index (χ2v) is 11.6. The van der Waals surface area contributed by atoms with Gasteiger partial charge in [-0.3, -0.25) is 0 Å². The van der Waals surface area contributed by atoms with E-state index in [0.717, 1.165) is 44.8 Å². The number of rotatable bonds is 9. The Kier molecular flexibility index (Phi) is 9.34. The summed E-state index contributed by atoms with van der Waals surface area (Å²) >= 11 is 0. The van der Waals surface area contributed by atoms with Crippen molar-refractivity contribution in [1.29, 1.82) is 0 Å². The van der Waals surface area contributed by atoms with Gasteiger partial charge in [-0.15, -0.1) is 0 Å². The van der Waals surface area contributed by atoms with Gasteiger partial charge in [-0.1, -0.05) is 200 Å². The Morgan fingerprint density at radius 1 is 0.271 bits per heavy atom. The topological polar surface area (TPSA) is 25.8 Å². The van der Waals surface area contributed by atoms with Crippen molar-refractivity contribution in [3.63, 3.8) is 0 Å². The van der Waals surface area contributed by atoms with E-state index < -0.39 is 0 Å². The first kappa shape index (κ1) is 30.3. The fraction of sp³-hybridized carbons (Fsp3) is 0. The van der Waals surface area contributed by atoms with Crippen molar-refractivity contribution in [3.05, 3.63) is 203 Å². The third-order valence-electron chi connectivity index (χ3n) is 8.11. The van der Waals surface area contributed by atoms with Crippen molar-refractivity contribution >= 4 is 36.5 Å². The average Bonchev–Trinajstić information content (AvgIpc) is 3.17. The monoisotopic (exact) mass is 614 g/mol. The first-order valence-corrected chi connectivity index (χ1v) is 16.1. The van der Waals surface area contributed by atoms with Gasteiger partial charge in [0.2, 0.25) is 0 Å². The standard InChI is InChI=1S/C46H34N2/c1-4-10-35(11-5-1)16-19-38-22-28-41(29-23-38)44-34-45(42-30-24-39(25-31-42)20-17-36-12-6-2-7-13-36)48-46(47-44)43-32-26-40(27-33-43)21-18-37-14-8-3-9-15-37/h1-34H. The van der Waals surface area contributed by atoms with E-state index in [0.29, 0.717) is 5.82 Å². The minimum atomic E-state index is 0.696. The SMILES string of the molecule is C(=Cc1ccc(-c2cc(-c3ccc(C=Cc4ccccc4)cc3)nc(-c3ccc(C=Cc4ccccc4)cc3)n2)cc1)c1ccccc1. The molecule has 2 heteroatoms. The Morgan fingerprint density at radius 3 is 0.854 bits per heavy atom. The van der Waals surface area contributed by atoms with E-state index in [1.54, 1.807) is 0 Å². The molecule has 0 spiro atoms. The number of aromatic nitrogens is 2. The lowest BCUT2D eigenvalue weighted by molar-refractivity contribution is 1.18. The van der Waals surface area contributed by atoms with E-state index in [9.17, 15) is 0 Å². The molecule has 0 fully saturated rings. The van der Waals surface area contributed by atoms with Gasteiger partial charge in [0.25, 0.3) is 0 Å². The zero-order valence-corrected chi connectivity index (χ0v) is 26.5. The van der Waals surface area contributed by atoms with Crippen LogP contribution in [0.3, 0.4) is 0 Å². The van der Waals surface area contributed by atoms with Gasteiger partial charge < -0.3 is 0 Å². The molecule has 6 aromatic carbocycles. The predicted molar refractivity (Wildman–Crippen MR) is 204 cm³/mol. The number of nitrogens with zero attached hydrogens (tertiary/aromatic N) is 2. The predicted octanol–water partition coefficient (Wildman–Crippen LogP) is 12.0. The molecule has 2 nitrogen and oxygen atoms in total. The Bertz CT molecular complexity index is 1890. The normalized spacial score (nSPS) is 11.5.